The minimum Gasteiger partial charge on any atom is -0.481 e. The van der Waals surface area contributed by atoms with Crippen LogP contribution in [-0.2, 0) is 14.4 Å². The van der Waals surface area contributed by atoms with E-state index in [1.165, 1.54) is 0 Å². The maximum atomic E-state index is 12.3. The third kappa shape index (κ3) is 2.69. The second-order valence-corrected chi connectivity index (χ2v) is 6.80. The van der Waals surface area contributed by atoms with Crippen molar-refractivity contribution in [2.75, 3.05) is 16.8 Å². The minimum atomic E-state index is -0.938. The zero-order valence-electron chi connectivity index (χ0n) is 13.2. The molecule has 122 valence electrons. The highest BCUT2D eigenvalue weighted by molar-refractivity contribution is 6.01. The van der Waals surface area contributed by atoms with Gasteiger partial charge in [-0.3, -0.25) is 14.4 Å². The van der Waals surface area contributed by atoms with Crippen LogP contribution in [0, 0.1) is 17.3 Å². The van der Waals surface area contributed by atoms with Gasteiger partial charge in [0.05, 0.1) is 11.8 Å². The van der Waals surface area contributed by atoms with Crippen LogP contribution in [0.3, 0.4) is 0 Å². The Labute approximate surface area is 134 Å². The van der Waals surface area contributed by atoms with Crippen LogP contribution in [0.1, 0.15) is 26.7 Å². The highest BCUT2D eigenvalue weighted by Crippen LogP contribution is 2.58. The fourth-order valence-electron chi connectivity index (χ4n) is 3.48. The normalized spacial score (nSPS) is 25.3. The van der Waals surface area contributed by atoms with Gasteiger partial charge in [0, 0.05) is 24.3 Å². The summed E-state index contributed by atoms with van der Waals surface area (Å²) in [7, 11) is 0. The number of carboxylic acids is 1. The number of hydrogen-bond acceptors (Lipinski definition) is 3. The Hall–Kier alpha value is -2.37. The van der Waals surface area contributed by atoms with Gasteiger partial charge in [-0.25, -0.2) is 0 Å². The van der Waals surface area contributed by atoms with Crippen LogP contribution in [0.2, 0.25) is 0 Å². The van der Waals surface area contributed by atoms with E-state index in [1.807, 2.05) is 6.07 Å². The smallest absolute Gasteiger partial charge is 0.307 e. The Bertz CT molecular complexity index is 683. The lowest BCUT2D eigenvalue weighted by molar-refractivity contribution is -0.140. The summed E-state index contributed by atoms with van der Waals surface area (Å²) in [5.74, 6) is -2.32. The zero-order valence-corrected chi connectivity index (χ0v) is 13.2. The third-order valence-electron chi connectivity index (χ3n) is 4.87. The predicted octanol–water partition coefficient (Wildman–Crippen LogP) is 2.11. The first kappa shape index (κ1) is 15.5. The number of rotatable bonds is 4. The van der Waals surface area contributed by atoms with Gasteiger partial charge < -0.3 is 15.3 Å². The van der Waals surface area contributed by atoms with E-state index in [4.69, 9.17) is 5.11 Å². The van der Waals surface area contributed by atoms with Crippen molar-refractivity contribution in [2.24, 2.45) is 17.3 Å². The predicted molar refractivity (Wildman–Crippen MR) is 85.1 cm³/mol. The molecule has 0 spiro atoms. The standard InChI is InChI=1S/C17H20N2O4/c1-17(2)13(14(17)16(22)23)15(21)18-10-5-3-6-11(9-10)19-8-4-7-12(19)20/h3,5-6,9,13-14H,4,7-8H2,1-2H3,(H,18,21)(H,22,23)/t13-,14-/m0/s1. The van der Waals surface area contributed by atoms with Gasteiger partial charge in [0.1, 0.15) is 0 Å². The highest BCUT2D eigenvalue weighted by atomic mass is 16.4. The topological polar surface area (TPSA) is 86.7 Å². The quantitative estimate of drug-likeness (QED) is 0.890. The van der Waals surface area contributed by atoms with Crippen LogP contribution in [-0.4, -0.2) is 29.4 Å². The van der Waals surface area contributed by atoms with E-state index in [1.54, 1.807) is 36.9 Å². The summed E-state index contributed by atoms with van der Waals surface area (Å²) in [5.41, 5.74) is 0.813. The van der Waals surface area contributed by atoms with Crippen molar-refractivity contribution in [2.45, 2.75) is 26.7 Å². The molecule has 0 unspecified atom stereocenters. The van der Waals surface area contributed by atoms with Gasteiger partial charge >= 0.3 is 5.97 Å². The van der Waals surface area contributed by atoms with E-state index >= 15 is 0 Å². The summed E-state index contributed by atoms with van der Waals surface area (Å²) < 4.78 is 0. The molecule has 23 heavy (non-hydrogen) atoms. The molecule has 2 amide bonds. The van der Waals surface area contributed by atoms with E-state index in [9.17, 15) is 14.4 Å². The molecule has 6 heteroatoms. The zero-order chi connectivity index (χ0) is 16.8. The van der Waals surface area contributed by atoms with E-state index in [2.05, 4.69) is 5.32 Å². The van der Waals surface area contributed by atoms with Crippen molar-refractivity contribution < 1.29 is 19.5 Å². The summed E-state index contributed by atoms with van der Waals surface area (Å²) >= 11 is 0. The van der Waals surface area contributed by atoms with Gasteiger partial charge in [-0.15, -0.1) is 0 Å². The van der Waals surface area contributed by atoms with Gasteiger partial charge in [0.2, 0.25) is 11.8 Å². The molecule has 6 nitrogen and oxygen atoms in total. The summed E-state index contributed by atoms with van der Waals surface area (Å²) in [6, 6.07) is 7.11. The Kier molecular flexibility index (Phi) is 3.62. The maximum absolute atomic E-state index is 12.3. The molecule has 2 atom stereocenters. The largest absolute Gasteiger partial charge is 0.481 e. The third-order valence-corrected chi connectivity index (χ3v) is 4.87. The second-order valence-electron chi connectivity index (χ2n) is 6.80. The lowest BCUT2D eigenvalue weighted by Gasteiger charge is -2.17. The number of aliphatic carboxylic acids is 1. The second kappa shape index (κ2) is 5.37. The van der Waals surface area contributed by atoms with Crippen LogP contribution in [0.4, 0.5) is 11.4 Å². The van der Waals surface area contributed by atoms with E-state index in [0.29, 0.717) is 18.7 Å². The molecule has 3 rings (SSSR count). The van der Waals surface area contributed by atoms with Gasteiger partial charge in [-0.05, 0) is 30.0 Å². The molecule has 1 saturated carbocycles. The lowest BCUT2D eigenvalue weighted by atomic mass is 10.1. The van der Waals surface area contributed by atoms with Crippen molar-refractivity contribution in [3.8, 4) is 0 Å². The molecular weight excluding hydrogens is 296 g/mol. The van der Waals surface area contributed by atoms with Crippen molar-refractivity contribution in [3.05, 3.63) is 24.3 Å². The molecule has 0 aromatic heterocycles. The van der Waals surface area contributed by atoms with Crippen LogP contribution in [0.5, 0.6) is 0 Å². The first-order valence-electron chi connectivity index (χ1n) is 7.76. The molecule has 1 aliphatic heterocycles. The number of carbonyl (C=O) groups is 3. The van der Waals surface area contributed by atoms with Gasteiger partial charge in [-0.1, -0.05) is 19.9 Å². The number of nitrogens with zero attached hydrogens (tertiary/aromatic N) is 1. The first-order valence-corrected chi connectivity index (χ1v) is 7.76. The van der Waals surface area contributed by atoms with Crippen LogP contribution in [0.25, 0.3) is 0 Å². The van der Waals surface area contributed by atoms with E-state index < -0.39 is 23.2 Å². The lowest BCUT2D eigenvalue weighted by Crippen LogP contribution is -2.24. The number of carboxylic acid groups (broad SMARTS) is 1. The average molecular weight is 316 g/mol. The number of carbonyl (C=O) groups excluding carboxylic acids is 2. The number of hydrogen-bond donors (Lipinski definition) is 2. The summed E-state index contributed by atoms with van der Waals surface area (Å²) in [4.78, 5) is 37.0. The molecule has 1 heterocycles. The van der Waals surface area contributed by atoms with Gasteiger partial charge in [0.15, 0.2) is 0 Å². The van der Waals surface area contributed by atoms with Crippen molar-refractivity contribution in [3.63, 3.8) is 0 Å². The summed E-state index contributed by atoms with van der Waals surface area (Å²) in [5, 5.41) is 11.9. The highest BCUT2D eigenvalue weighted by Gasteiger charge is 2.65. The van der Waals surface area contributed by atoms with Crippen molar-refractivity contribution in [1.29, 1.82) is 0 Å². The summed E-state index contributed by atoms with van der Waals surface area (Å²) in [6.07, 6.45) is 1.39. The number of amides is 2. The average Bonchev–Trinajstić information content (AvgIpc) is 2.83. The van der Waals surface area contributed by atoms with Gasteiger partial charge in [-0.2, -0.15) is 0 Å². The Balaban J connectivity index is 1.73. The maximum Gasteiger partial charge on any atom is 0.307 e. The fraction of sp³-hybridized carbons (Fsp3) is 0.471. The minimum absolute atomic E-state index is 0.0859. The Morgan fingerprint density at radius 2 is 2.04 bits per heavy atom. The summed E-state index contributed by atoms with van der Waals surface area (Å²) in [6.45, 7) is 4.26. The fourth-order valence-corrected chi connectivity index (χ4v) is 3.48. The molecule has 2 aliphatic rings. The van der Waals surface area contributed by atoms with Crippen LogP contribution < -0.4 is 10.2 Å². The molecule has 0 bridgehead atoms. The van der Waals surface area contributed by atoms with Crippen molar-refractivity contribution >= 4 is 29.2 Å². The molecule has 1 aliphatic carbocycles. The molecule has 0 radical (unpaired) electrons. The molecule has 1 saturated heterocycles. The molecule has 2 fully saturated rings. The Morgan fingerprint density at radius 3 is 2.61 bits per heavy atom. The van der Waals surface area contributed by atoms with Crippen molar-refractivity contribution in [1.82, 2.24) is 0 Å². The van der Waals surface area contributed by atoms with E-state index in [0.717, 1.165) is 12.1 Å². The number of anilines is 2. The van der Waals surface area contributed by atoms with Gasteiger partial charge in [0.25, 0.3) is 0 Å². The van der Waals surface area contributed by atoms with Crippen LogP contribution in [0.15, 0.2) is 24.3 Å². The molecule has 1 aromatic rings. The molecule has 2 N–H and O–H groups in total. The van der Waals surface area contributed by atoms with E-state index in [-0.39, 0.29) is 11.8 Å². The molecular formula is C17H20N2O4. The van der Waals surface area contributed by atoms with Crippen LogP contribution >= 0.6 is 0 Å². The molecule has 1 aromatic carbocycles. The first-order chi connectivity index (χ1) is 10.8. The monoisotopic (exact) mass is 316 g/mol. The number of benzene rings is 1. The SMILES string of the molecule is CC1(C)[C@H](C(=O)O)[C@H]1C(=O)Nc1cccc(N2CCCC2=O)c1. The number of nitrogens with one attached hydrogen (secondary N) is 1. The Morgan fingerprint density at radius 1 is 1.30 bits per heavy atom.